The number of aryl methyl sites for hydroxylation is 1. The van der Waals surface area contributed by atoms with Crippen LogP contribution in [0.4, 0.5) is 0 Å². The molecule has 0 N–H and O–H groups in total. The topological polar surface area (TPSA) is 17.8 Å². The fourth-order valence-electron chi connectivity index (χ4n) is 0.771. The van der Waals surface area contributed by atoms with Crippen LogP contribution in [0.15, 0.2) is 6.33 Å². The lowest BCUT2D eigenvalue weighted by Gasteiger charge is -1.91. The molecule has 0 aliphatic carbocycles. The fourth-order valence-corrected chi connectivity index (χ4v) is 1.17. The Morgan fingerprint density at radius 2 is 2.44 bits per heavy atom. The molecule has 0 amide bonds. The zero-order valence-corrected chi connectivity index (χ0v) is 7.71. The molecule has 0 aromatic carbocycles. The molecule has 1 rings (SSSR count). The Morgan fingerprint density at radius 3 is 2.67 bits per heavy atom. The summed E-state index contributed by atoms with van der Waals surface area (Å²) in [4.78, 5) is 4.19. The lowest BCUT2D eigenvalue weighted by Crippen LogP contribution is -1.84. The summed E-state index contributed by atoms with van der Waals surface area (Å²) >= 11 is 2.22. The highest BCUT2D eigenvalue weighted by atomic mass is 127. The molecule has 0 bridgehead atoms. The predicted octanol–water partition coefficient (Wildman–Crippen LogP) is 1.95. The number of hydrogen-bond donors (Lipinski definition) is 0. The van der Waals surface area contributed by atoms with Gasteiger partial charge in [-0.3, -0.25) is 2.78 Å². The van der Waals surface area contributed by atoms with Crippen LogP contribution in [-0.2, 0) is 6.42 Å². The maximum atomic E-state index is 4.19. The number of rotatable bonds is 1. The van der Waals surface area contributed by atoms with Gasteiger partial charge in [-0.2, -0.15) is 0 Å². The molecule has 0 atom stereocenters. The first kappa shape index (κ1) is 7.05. The molecular formula is C6H9IN2. The Balaban J connectivity index is 3.04. The van der Waals surface area contributed by atoms with Crippen LogP contribution in [0.5, 0.6) is 0 Å². The van der Waals surface area contributed by atoms with E-state index in [0.29, 0.717) is 0 Å². The third kappa shape index (κ3) is 1.26. The largest absolute Gasteiger partial charge is 0.275 e. The zero-order chi connectivity index (χ0) is 6.85. The predicted molar refractivity (Wildman–Crippen MR) is 45.8 cm³/mol. The van der Waals surface area contributed by atoms with Gasteiger partial charge in [-0.05, 0) is 13.3 Å². The average molecular weight is 236 g/mol. The summed E-state index contributed by atoms with van der Waals surface area (Å²) in [5, 5.41) is 0. The molecule has 1 aromatic rings. The van der Waals surface area contributed by atoms with Crippen molar-refractivity contribution in [1.29, 1.82) is 0 Å². The Kier molecular flexibility index (Phi) is 2.10. The van der Waals surface area contributed by atoms with E-state index in [2.05, 4.69) is 41.7 Å². The van der Waals surface area contributed by atoms with Gasteiger partial charge in [0.05, 0.1) is 28.6 Å². The van der Waals surface area contributed by atoms with Crippen molar-refractivity contribution in [3.05, 3.63) is 17.7 Å². The van der Waals surface area contributed by atoms with E-state index in [1.807, 2.05) is 9.11 Å². The van der Waals surface area contributed by atoms with Crippen molar-refractivity contribution in [2.24, 2.45) is 0 Å². The fraction of sp³-hybridized carbons (Fsp3) is 0.500. The van der Waals surface area contributed by atoms with Crippen molar-refractivity contribution in [1.82, 2.24) is 7.76 Å². The van der Waals surface area contributed by atoms with Crippen molar-refractivity contribution in [2.75, 3.05) is 0 Å². The van der Waals surface area contributed by atoms with E-state index in [1.54, 1.807) is 0 Å². The lowest BCUT2D eigenvalue weighted by molar-refractivity contribution is 1.04. The Labute approximate surface area is 68.8 Å². The molecule has 50 valence electrons. The highest BCUT2D eigenvalue weighted by Gasteiger charge is 1.99. The second kappa shape index (κ2) is 2.68. The summed E-state index contributed by atoms with van der Waals surface area (Å²) in [6.07, 6.45) is 2.87. The van der Waals surface area contributed by atoms with Crippen LogP contribution in [0.2, 0.25) is 0 Å². The van der Waals surface area contributed by atoms with Crippen LogP contribution in [0.1, 0.15) is 18.3 Å². The molecule has 9 heavy (non-hydrogen) atoms. The number of aromatic nitrogens is 2. The molecular weight excluding hydrogens is 227 g/mol. The number of halogens is 1. The molecule has 0 saturated carbocycles. The van der Waals surface area contributed by atoms with Crippen molar-refractivity contribution >= 4 is 22.9 Å². The minimum absolute atomic E-state index is 1.03. The van der Waals surface area contributed by atoms with Crippen LogP contribution in [0, 0.1) is 6.92 Å². The van der Waals surface area contributed by atoms with Crippen molar-refractivity contribution < 1.29 is 0 Å². The molecule has 0 aliphatic rings. The Morgan fingerprint density at radius 1 is 1.78 bits per heavy atom. The van der Waals surface area contributed by atoms with Crippen LogP contribution in [0.25, 0.3) is 0 Å². The summed E-state index contributed by atoms with van der Waals surface area (Å²) < 4.78 is 2.01. The van der Waals surface area contributed by atoms with E-state index in [1.165, 1.54) is 11.4 Å². The monoisotopic (exact) mass is 236 g/mol. The van der Waals surface area contributed by atoms with E-state index in [9.17, 15) is 0 Å². The van der Waals surface area contributed by atoms with Crippen molar-refractivity contribution in [3.8, 4) is 0 Å². The second-order valence-electron chi connectivity index (χ2n) is 1.94. The first-order chi connectivity index (χ1) is 4.25. The minimum atomic E-state index is 1.03. The van der Waals surface area contributed by atoms with Crippen molar-refractivity contribution in [3.63, 3.8) is 0 Å². The van der Waals surface area contributed by atoms with E-state index in [-0.39, 0.29) is 0 Å². The minimum Gasteiger partial charge on any atom is -0.275 e. The number of hydrogen-bond acceptors (Lipinski definition) is 1. The summed E-state index contributed by atoms with van der Waals surface area (Å²) in [5.74, 6) is 0. The van der Waals surface area contributed by atoms with E-state index in [4.69, 9.17) is 0 Å². The molecule has 2 nitrogen and oxygen atoms in total. The van der Waals surface area contributed by atoms with Gasteiger partial charge in [0, 0.05) is 5.69 Å². The second-order valence-corrected chi connectivity index (χ2v) is 2.98. The maximum Gasteiger partial charge on any atom is 0.104 e. The quantitative estimate of drug-likeness (QED) is 0.681. The van der Waals surface area contributed by atoms with E-state index >= 15 is 0 Å². The molecule has 0 aliphatic heterocycles. The van der Waals surface area contributed by atoms with Gasteiger partial charge in [0.2, 0.25) is 0 Å². The molecule has 0 saturated heterocycles. The first-order valence-corrected chi connectivity index (χ1v) is 3.91. The SMILES string of the molecule is CCc1ncn(I)c1C. The standard InChI is InChI=1S/C6H9IN2/c1-3-6-5(2)9(7)4-8-6/h4H,3H2,1-2H3. The normalized spacial score (nSPS) is 10.1. The van der Waals surface area contributed by atoms with Gasteiger partial charge in [-0.1, -0.05) is 6.92 Å². The van der Waals surface area contributed by atoms with Crippen LogP contribution in [-0.4, -0.2) is 7.76 Å². The summed E-state index contributed by atoms with van der Waals surface area (Å²) in [6.45, 7) is 4.20. The van der Waals surface area contributed by atoms with Gasteiger partial charge in [-0.15, -0.1) is 0 Å². The molecule has 0 radical (unpaired) electrons. The van der Waals surface area contributed by atoms with Gasteiger partial charge < -0.3 is 0 Å². The molecule has 0 unspecified atom stereocenters. The van der Waals surface area contributed by atoms with Gasteiger partial charge in [-0.25, -0.2) is 4.98 Å². The van der Waals surface area contributed by atoms with Gasteiger partial charge in [0.15, 0.2) is 0 Å². The smallest absolute Gasteiger partial charge is 0.104 e. The van der Waals surface area contributed by atoms with Crippen LogP contribution in [0.3, 0.4) is 0 Å². The van der Waals surface area contributed by atoms with Gasteiger partial charge in [0.25, 0.3) is 0 Å². The molecule has 0 fully saturated rings. The van der Waals surface area contributed by atoms with E-state index < -0.39 is 0 Å². The summed E-state index contributed by atoms with van der Waals surface area (Å²) in [6, 6.07) is 0. The highest BCUT2D eigenvalue weighted by molar-refractivity contribution is 14.1. The van der Waals surface area contributed by atoms with Crippen LogP contribution < -0.4 is 0 Å². The molecule has 0 spiro atoms. The van der Waals surface area contributed by atoms with Gasteiger partial charge in [0.1, 0.15) is 6.33 Å². The average Bonchev–Trinajstić information content (AvgIpc) is 2.15. The maximum absolute atomic E-state index is 4.19. The first-order valence-electron chi connectivity index (χ1n) is 2.94. The van der Waals surface area contributed by atoms with Gasteiger partial charge >= 0.3 is 0 Å². The number of imidazole rings is 1. The lowest BCUT2D eigenvalue weighted by atomic mass is 10.3. The van der Waals surface area contributed by atoms with Crippen LogP contribution >= 0.6 is 22.9 Å². The summed E-state index contributed by atoms with van der Waals surface area (Å²) in [5.41, 5.74) is 2.46. The molecule has 3 heteroatoms. The Bertz CT molecular complexity index is 205. The Hall–Kier alpha value is -0.0600. The summed E-state index contributed by atoms with van der Waals surface area (Å²) in [7, 11) is 0. The highest BCUT2D eigenvalue weighted by Crippen LogP contribution is 2.08. The van der Waals surface area contributed by atoms with Crippen molar-refractivity contribution in [2.45, 2.75) is 20.3 Å². The molecule has 1 heterocycles. The van der Waals surface area contributed by atoms with E-state index in [0.717, 1.165) is 6.42 Å². The third-order valence-electron chi connectivity index (χ3n) is 1.39. The molecule has 1 aromatic heterocycles. The zero-order valence-electron chi connectivity index (χ0n) is 5.56. The third-order valence-corrected chi connectivity index (χ3v) is 2.36. The number of nitrogens with zero attached hydrogens (tertiary/aromatic N) is 2.